The maximum absolute atomic E-state index is 12.2. The molecule has 128 valence electrons. The van der Waals surface area contributed by atoms with Gasteiger partial charge in [-0.25, -0.2) is 0 Å². The second-order valence-electron chi connectivity index (χ2n) is 5.71. The van der Waals surface area contributed by atoms with E-state index in [-0.39, 0.29) is 12.5 Å². The summed E-state index contributed by atoms with van der Waals surface area (Å²) in [4.78, 5) is 14.1. The average Bonchev–Trinajstić information content (AvgIpc) is 3.16. The van der Waals surface area contributed by atoms with Gasteiger partial charge in [0.2, 0.25) is 11.0 Å². The first-order chi connectivity index (χ1) is 11.6. The molecule has 24 heavy (non-hydrogen) atoms. The van der Waals surface area contributed by atoms with E-state index >= 15 is 0 Å². The van der Waals surface area contributed by atoms with Crippen molar-refractivity contribution in [1.82, 2.24) is 15.1 Å². The number of thioether (sulfide) groups is 1. The Morgan fingerprint density at radius 3 is 2.96 bits per heavy atom. The molecule has 1 aliphatic heterocycles. The third kappa shape index (κ3) is 4.13. The summed E-state index contributed by atoms with van der Waals surface area (Å²) >= 11 is 2.98. The number of aliphatic hydroxyl groups is 1. The van der Waals surface area contributed by atoms with Gasteiger partial charge in [0.1, 0.15) is 5.60 Å². The maximum atomic E-state index is 12.2. The summed E-state index contributed by atoms with van der Waals surface area (Å²) in [6.07, 6.45) is 0.625. The van der Waals surface area contributed by atoms with E-state index in [1.165, 1.54) is 11.3 Å². The Morgan fingerprint density at radius 1 is 1.42 bits per heavy atom. The van der Waals surface area contributed by atoms with E-state index in [0.717, 1.165) is 15.7 Å². The van der Waals surface area contributed by atoms with Gasteiger partial charge in [-0.15, -0.1) is 10.2 Å². The van der Waals surface area contributed by atoms with Gasteiger partial charge in [-0.1, -0.05) is 60.4 Å². The van der Waals surface area contributed by atoms with Crippen LogP contribution in [0.25, 0.3) is 0 Å². The lowest BCUT2D eigenvalue weighted by molar-refractivity contribution is -0.117. The molecule has 1 aromatic carbocycles. The van der Waals surface area contributed by atoms with Gasteiger partial charge in [0.15, 0.2) is 4.34 Å². The Bertz CT molecular complexity index is 694. The molecule has 2 N–H and O–H groups in total. The van der Waals surface area contributed by atoms with E-state index in [0.29, 0.717) is 24.6 Å². The van der Waals surface area contributed by atoms with Crippen LogP contribution in [0.1, 0.15) is 18.9 Å². The molecule has 1 aliphatic rings. The summed E-state index contributed by atoms with van der Waals surface area (Å²) in [6.45, 7) is 3.43. The van der Waals surface area contributed by atoms with Crippen molar-refractivity contribution in [3.05, 3.63) is 35.9 Å². The van der Waals surface area contributed by atoms with Gasteiger partial charge >= 0.3 is 0 Å². The van der Waals surface area contributed by atoms with Crippen LogP contribution < -0.4 is 5.32 Å². The molecule has 1 fully saturated rings. The number of anilines is 1. The monoisotopic (exact) mass is 364 g/mol. The van der Waals surface area contributed by atoms with Crippen LogP contribution in [0.3, 0.4) is 0 Å². The van der Waals surface area contributed by atoms with Crippen LogP contribution in [-0.4, -0.2) is 51.5 Å². The summed E-state index contributed by atoms with van der Waals surface area (Å²) in [5, 5.41) is 22.1. The zero-order chi connectivity index (χ0) is 17.0. The topological polar surface area (TPSA) is 78.4 Å². The molecule has 1 saturated heterocycles. The van der Waals surface area contributed by atoms with Crippen LogP contribution in [0, 0.1) is 0 Å². The highest BCUT2D eigenvalue weighted by Crippen LogP contribution is 2.31. The summed E-state index contributed by atoms with van der Waals surface area (Å²) in [7, 11) is 0. The molecular weight excluding hydrogens is 344 g/mol. The van der Waals surface area contributed by atoms with Gasteiger partial charge in [0.25, 0.3) is 0 Å². The zero-order valence-corrected chi connectivity index (χ0v) is 15.1. The average molecular weight is 364 g/mol. The fourth-order valence-electron chi connectivity index (χ4n) is 2.79. The zero-order valence-electron chi connectivity index (χ0n) is 13.4. The summed E-state index contributed by atoms with van der Waals surface area (Å²) in [6, 6.07) is 9.63. The van der Waals surface area contributed by atoms with Crippen LogP contribution >= 0.6 is 23.1 Å². The quantitative estimate of drug-likeness (QED) is 0.604. The third-order valence-electron chi connectivity index (χ3n) is 3.93. The normalized spacial score (nSPS) is 21.1. The number of carbonyl (C=O) groups excluding carboxylic acids is 1. The first-order valence-electron chi connectivity index (χ1n) is 7.85. The molecule has 6 nitrogen and oxygen atoms in total. The highest BCUT2D eigenvalue weighted by molar-refractivity contribution is 8.01. The van der Waals surface area contributed by atoms with Gasteiger partial charge in [0.05, 0.1) is 6.54 Å². The number of carbonyl (C=O) groups is 1. The number of rotatable bonds is 6. The minimum absolute atomic E-state index is 0.128. The highest BCUT2D eigenvalue weighted by Gasteiger charge is 2.38. The highest BCUT2D eigenvalue weighted by atomic mass is 32.2. The number of amides is 1. The Kier molecular flexibility index (Phi) is 5.50. The van der Waals surface area contributed by atoms with Crippen molar-refractivity contribution in [3.63, 3.8) is 0 Å². The minimum Gasteiger partial charge on any atom is -0.384 e. The van der Waals surface area contributed by atoms with E-state index in [1.54, 1.807) is 11.8 Å². The fourth-order valence-corrected chi connectivity index (χ4v) is 4.46. The summed E-state index contributed by atoms with van der Waals surface area (Å²) < 4.78 is 0.854. The van der Waals surface area contributed by atoms with E-state index in [1.807, 2.05) is 42.2 Å². The molecule has 0 spiro atoms. The van der Waals surface area contributed by atoms with Crippen LogP contribution in [0.5, 0.6) is 0 Å². The molecule has 3 rings (SSSR count). The van der Waals surface area contributed by atoms with E-state index in [2.05, 4.69) is 15.5 Å². The van der Waals surface area contributed by atoms with Crippen LogP contribution in [0.15, 0.2) is 34.7 Å². The van der Waals surface area contributed by atoms with Gasteiger partial charge < -0.3 is 5.11 Å². The molecular formula is C16H20N4O2S2. The van der Waals surface area contributed by atoms with Crippen LogP contribution in [0.4, 0.5) is 5.13 Å². The second kappa shape index (κ2) is 7.60. The van der Waals surface area contributed by atoms with Gasteiger partial charge in [-0.3, -0.25) is 15.0 Å². The molecule has 0 bridgehead atoms. The largest absolute Gasteiger partial charge is 0.384 e. The van der Waals surface area contributed by atoms with E-state index < -0.39 is 5.60 Å². The van der Waals surface area contributed by atoms with E-state index in [9.17, 15) is 9.90 Å². The second-order valence-corrected chi connectivity index (χ2v) is 8.20. The number of hydrogen-bond acceptors (Lipinski definition) is 7. The number of nitrogens with zero attached hydrogens (tertiary/aromatic N) is 3. The molecule has 1 amide bonds. The minimum atomic E-state index is -0.880. The SMILES string of the molecule is CCSc1nnc(NC(=O)CN2CCC(O)(c3ccccc3)C2)s1. The summed E-state index contributed by atoms with van der Waals surface area (Å²) in [5.74, 6) is 0.797. The first-order valence-corrected chi connectivity index (χ1v) is 9.66. The smallest absolute Gasteiger partial charge is 0.240 e. The number of β-amino-alcohol motifs (C(OH)–C–C–N with tert-alkyl or cyclic N) is 1. The van der Waals surface area contributed by atoms with Crippen molar-refractivity contribution < 1.29 is 9.90 Å². The predicted molar refractivity (Wildman–Crippen MR) is 96.3 cm³/mol. The Labute approximate surface area is 149 Å². The number of likely N-dealkylation sites (tertiary alicyclic amines) is 1. The van der Waals surface area contributed by atoms with Gasteiger partial charge in [0, 0.05) is 13.1 Å². The molecule has 8 heteroatoms. The molecule has 2 aromatic rings. The molecule has 2 heterocycles. The van der Waals surface area contributed by atoms with Gasteiger partial charge in [-0.05, 0) is 17.7 Å². The molecule has 0 saturated carbocycles. The van der Waals surface area contributed by atoms with Crippen LogP contribution in [-0.2, 0) is 10.4 Å². The molecule has 1 aromatic heterocycles. The Hall–Kier alpha value is -1.48. The third-order valence-corrected chi connectivity index (χ3v) is 5.78. The van der Waals surface area contributed by atoms with Crippen molar-refractivity contribution in [3.8, 4) is 0 Å². The molecule has 1 atom stereocenters. The lowest BCUT2D eigenvalue weighted by Crippen LogP contribution is -2.35. The Morgan fingerprint density at radius 2 is 2.21 bits per heavy atom. The maximum Gasteiger partial charge on any atom is 0.240 e. The van der Waals surface area contributed by atoms with Crippen molar-refractivity contribution in [2.24, 2.45) is 0 Å². The lowest BCUT2D eigenvalue weighted by atomic mass is 9.93. The van der Waals surface area contributed by atoms with Crippen molar-refractivity contribution in [2.45, 2.75) is 23.3 Å². The summed E-state index contributed by atoms with van der Waals surface area (Å²) in [5.41, 5.74) is 0.0214. The number of benzene rings is 1. The van der Waals surface area contributed by atoms with E-state index in [4.69, 9.17) is 0 Å². The Balaban J connectivity index is 1.54. The fraction of sp³-hybridized carbons (Fsp3) is 0.438. The van der Waals surface area contributed by atoms with Gasteiger partial charge in [-0.2, -0.15) is 0 Å². The number of hydrogen-bond donors (Lipinski definition) is 2. The molecule has 1 unspecified atom stereocenters. The standard InChI is InChI=1S/C16H20N4O2S2/c1-2-23-15-19-18-14(24-15)17-13(21)10-20-9-8-16(22,11-20)12-6-4-3-5-7-12/h3-7,22H,2,8-11H2,1H3,(H,17,18,21). The lowest BCUT2D eigenvalue weighted by Gasteiger charge is -2.23. The number of nitrogens with one attached hydrogen (secondary N) is 1. The van der Waals surface area contributed by atoms with Crippen LogP contribution in [0.2, 0.25) is 0 Å². The molecule has 0 radical (unpaired) electrons. The van der Waals surface area contributed by atoms with Crippen molar-refractivity contribution in [1.29, 1.82) is 0 Å². The first kappa shape index (κ1) is 17.3. The predicted octanol–water partition coefficient (Wildman–Crippen LogP) is 2.18. The number of aromatic nitrogens is 2. The van der Waals surface area contributed by atoms with Crippen molar-refractivity contribution >= 4 is 34.1 Å². The van der Waals surface area contributed by atoms with Crippen molar-refractivity contribution in [2.75, 3.05) is 30.7 Å². The molecule has 0 aliphatic carbocycles.